The Labute approximate surface area is 281 Å². The van der Waals surface area contributed by atoms with E-state index in [0.29, 0.717) is 13.1 Å². The average Bonchev–Trinajstić information content (AvgIpc) is 3.96. The Balaban J connectivity index is 1.11. The van der Waals surface area contributed by atoms with Gasteiger partial charge in [-0.05, 0) is 61.8 Å². The van der Waals surface area contributed by atoms with Crippen LogP contribution in [0.4, 0.5) is 0 Å². The van der Waals surface area contributed by atoms with E-state index in [1.807, 2.05) is 36.0 Å². The van der Waals surface area contributed by atoms with Crippen LogP contribution in [0.3, 0.4) is 0 Å². The maximum atomic E-state index is 13.1. The molecule has 2 amide bonds. The lowest BCUT2D eigenvalue weighted by Crippen LogP contribution is -2.49. The van der Waals surface area contributed by atoms with Crippen molar-refractivity contribution >= 4 is 11.8 Å². The molecule has 0 saturated carbocycles. The van der Waals surface area contributed by atoms with E-state index in [2.05, 4.69) is 68.5 Å². The van der Waals surface area contributed by atoms with Crippen LogP contribution in [0.1, 0.15) is 63.3 Å². The van der Waals surface area contributed by atoms with Crippen LogP contribution in [0, 0.1) is 0 Å². The highest BCUT2D eigenvalue weighted by Gasteiger charge is 2.37. The summed E-state index contributed by atoms with van der Waals surface area (Å²) in [7, 11) is 3.13. The number of imidazole rings is 2. The molecule has 254 valence electrons. The van der Waals surface area contributed by atoms with Crippen LogP contribution < -0.4 is 11.5 Å². The van der Waals surface area contributed by atoms with E-state index in [0.717, 1.165) is 71.0 Å². The minimum absolute atomic E-state index is 0.112. The third-order valence-electron chi connectivity index (χ3n) is 9.94. The fraction of sp³-hybridized carbons (Fsp3) is 0.444. The van der Waals surface area contributed by atoms with Gasteiger partial charge in [-0.3, -0.25) is 9.59 Å². The summed E-state index contributed by atoms with van der Waals surface area (Å²) in [5.41, 5.74) is 18.3. The molecule has 0 aliphatic carbocycles. The van der Waals surface area contributed by atoms with E-state index in [-0.39, 0.29) is 36.1 Å². The molecule has 2 aromatic heterocycles. The van der Waals surface area contributed by atoms with Crippen molar-refractivity contribution in [3.63, 3.8) is 0 Å². The Hall–Kier alpha value is -4.36. The summed E-state index contributed by atoms with van der Waals surface area (Å²) in [4.78, 5) is 46.0. The second kappa shape index (κ2) is 14.4. The molecule has 2 unspecified atom stereocenters. The van der Waals surface area contributed by atoms with E-state index in [9.17, 15) is 9.59 Å². The van der Waals surface area contributed by atoms with E-state index < -0.39 is 12.1 Å². The van der Waals surface area contributed by atoms with Gasteiger partial charge in [0.25, 0.3) is 0 Å². The van der Waals surface area contributed by atoms with Gasteiger partial charge < -0.3 is 40.7 Å². The summed E-state index contributed by atoms with van der Waals surface area (Å²) in [6.07, 6.45) is 6.41. The Morgan fingerprint density at radius 1 is 0.688 bits per heavy atom. The molecule has 4 heterocycles. The highest BCUT2D eigenvalue weighted by Crippen LogP contribution is 2.34. The minimum Gasteiger partial charge on any atom is -0.380 e. The van der Waals surface area contributed by atoms with E-state index >= 15 is 0 Å². The fourth-order valence-electron chi connectivity index (χ4n) is 6.70. The van der Waals surface area contributed by atoms with Crippen molar-refractivity contribution in [1.29, 1.82) is 0 Å². The van der Waals surface area contributed by atoms with Crippen LogP contribution in [0.2, 0.25) is 0 Å². The van der Waals surface area contributed by atoms with Gasteiger partial charge in [-0.1, -0.05) is 48.5 Å². The van der Waals surface area contributed by atoms with Crippen molar-refractivity contribution in [2.45, 2.75) is 75.9 Å². The number of methoxy groups -OCH3 is 2. The topological polar surface area (TPSA) is 168 Å². The summed E-state index contributed by atoms with van der Waals surface area (Å²) in [6.45, 7) is 4.93. The van der Waals surface area contributed by atoms with E-state index in [1.54, 1.807) is 14.2 Å². The number of hydrogen-bond donors (Lipinski definition) is 4. The van der Waals surface area contributed by atoms with Crippen LogP contribution in [0.5, 0.6) is 0 Å². The summed E-state index contributed by atoms with van der Waals surface area (Å²) >= 11 is 0. The normalized spacial score (nSPS) is 20.5. The first-order chi connectivity index (χ1) is 23.2. The van der Waals surface area contributed by atoms with Gasteiger partial charge in [0.15, 0.2) is 0 Å². The maximum absolute atomic E-state index is 13.1. The predicted molar refractivity (Wildman–Crippen MR) is 183 cm³/mol. The van der Waals surface area contributed by atoms with Gasteiger partial charge in [0.2, 0.25) is 11.8 Å². The molecule has 48 heavy (non-hydrogen) atoms. The van der Waals surface area contributed by atoms with Crippen LogP contribution >= 0.6 is 0 Å². The number of nitrogens with zero attached hydrogens (tertiary/aromatic N) is 4. The van der Waals surface area contributed by atoms with Gasteiger partial charge in [-0.15, -0.1) is 0 Å². The Morgan fingerprint density at radius 2 is 1.04 bits per heavy atom. The van der Waals surface area contributed by atoms with Gasteiger partial charge in [0.1, 0.15) is 23.7 Å². The van der Waals surface area contributed by atoms with Gasteiger partial charge in [-0.25, -0.2) is 9.97 Å². The molecule has 4 aromatic rings. The molecule has 6 atom stereocenters. The highest BCUT2D eigenvalue weighted by atomic mass is 16.5. The number of hydrogen-bond acceptors (Lipinski definition) is 8. The van der Waals surface area contributed by atoms with E-state index in [1.165, 1.54) is 0 Å². The number of carbonyl (C=O) groups excluding carboxylic acids is 2. The lowest BCUT2D eigenvalue weighted by molar-refractivity contribution is -0.137. The molecule has 2 aromatic carbocycles. The number of H-pyrrole nitrogens is 2. The molecule has 6 rings (SSSR count). The third kappa shape index (κ3) is 6.66. The predicted octanol–water partition coefficient (Wildman–Crippen LogP) is 4.19. The molecule has 2 saturated heterocycles. The number of nitrogens with two attached hydrogens (primary N) is 2. The second-order valence-electron chi connectivity index (χ2n) is 12.8. The quantitative estimate of drug-likeness (QED) is 0.187. The lowest BCUT2D eigenvalue weighted by Gasteiger charge is -2.28. The van der Waals surface area contributed by atoms with Crippen molar-refractivity contribution in [2.75, 3.05) is 27.3 Å². The van der Waals surface area contributed by atoms with Crippen molar-refractivity contribution in [3.8, 4) is 33.6 Å². The van der Waals surface area contributed by atoms with Crippen LogP contribution in [0.15, 0.2) is 60.9 Å². The average molecular weight is 655 g/mol. The number of amides is 2. The van der Waals surface area contributed by atoms with E-state index in [4.69, 9.17) is 20.9 Å². The number of nitrogens with one attached hydrogen (secondary N) is 2. The van der Waals surface area contributed by atoms with Crippen molar-refractivity contribution < 1.29 is 19.1 Å². The SMILES string of the molecule is CO[C@H](C)[C@H](N)C(=O)N1CCCC1c1ncc(-c2ccc(-c3ccc(-c4cnc(C5CCCN5C(=O)[C@@H](N)[C@@H](C)OC)[nH]4)cc3)cc2)[nH]1. The fourth-order valence-corrected chi connectivity index (χ4v) is 6.70. The van der Waals surface area contributed by atoms with Crippen molar-refractivity contribution in [2.24, 2.45) is 11.5 Å². The standard InChI is InChI=1S/C36H46N8O4/c1-21(47-3)31(37)35(45)43-17-5-7-29(43)33-39-19-27(41-33)25-13-9-23(10-14-25)24-11-15-26(16-12-24)28-20-40-34(42-28)30-8-6-18-44(30)36(46)32(38)22(2)48-4/h9-16,19-22,29-32H,5-8,17-18,37-38H2,1-4H3,(H,39,41)(H,40,42)/t21-,22-,29?,30?,31+,32+/m1/s1. The Kier molecular flexibility index (Phi) is 10.1. The molecule has 0 radical (unpaired) electrons. The number of benzene rings is 2. The number of aromatic nitrogens is 4. The first-order valence-electron chi connectivity index (χ1n) is 16.7. The molecule has 2 aliphatic heterocycles. The molecule has 0 spiro atoms. The largest absolute Gasteiger partial charge is 0.380 e. The maximum Gasteiger partial charge on any atom is 0.242 e. The zero-order chi connectivity index (χ0) is 33.9. The molecule has 0 bridgehead atoms. The molecular formula is C36H46N8O4. The summed E-state index contributed by atoms with van der Waals surface area (Å²) in [5.74, 6) is 1.31. The third-order valence-corrected chi connectivity index (χ3v) is 9.94. The van der Waals surface area contributed by atoms with Crippen molar-refractivity contribution in [3.05, 3.63) is 72.6 Å². The number of ether oxygens (including phenoxy) is 2. The molecular weight excluding hydrogens is 608 g/mol. The summed E-state index contributed by atoms with van der Waals surface area (Å²) < 4.78 is 10.6. The zero-order valence-corrected chi connectivity index (χ0v) is 28.1. The molecule has 2 fully saturated rings. The molecule has 2 aliphatic rings. The number of likely N-dealkylation sites (tertiary alicyclic amines) is 2. The minimum atomic E-state index is -0.709. The zero-order valence-electron chi connectivity index (χ0n) is 28.1. The molecule has 6 N–H and O–H groups in total. The van der Waals surface area contributed by atoms with Gasteiger partial charge >= 0.3 is 0 Å². The van der Waals surface area contributed by atoms with Gasteiger partial charge in [-0.2, -0.15) is 0 Å². The molecule has 12 heteroatoms. The van der Waals surface area contributed by atoms with Crippen LogP contribution in [-0.2, 0) is 19.1 Å². The van der Waals surface area contributed by atoms with Gasteiger partial charge in [0.05, 0.1) is 48.1 Å². The summed E-state index contributed by atoms with van der Waals surface area (Å²) in [6, 6.07) is 15.0. The monoisotopic (exact) mass is 654 g/mol. The first kappa shape index (κ1) is 33.5. The first-order valence-corrected chi connectivity index (χ1v) is 16.7. The Morgan fingerprint density at radius 3 is 1.40 bits per heavy atom. The van der Waals surface area contributed by atoms with Gasteiger partial charge in [0, 0.05) is 27.3 Å². The van der Waals surface area contributed by atoms with Crippen LogP contribution in [0.25, 0.3) is 33.6 Å². The van der Waals surface area contributed by atoms with Crippen molar-refractivity contribution in [1.82, 2.24) is 29.7 Å². The molecule has 12 nitrogen and oxygen atoms in total. The smallest absolute Gasteiger partial charge is 0.242 e. The summed E-state index contributed by atoms with van der Waals surface area (Å²) in [5, 5.41) is 0. The Bertz CT molecular complexity index is 1580. The van der Waals surface area contributed by atoms with Crippen LogP contribution in [-0.4, -0.2) is 93.2 Å². The second-order valence-corrected chi connectivity index (χ2v) is 12.8. The number of rotatable bonds is 11. The lowest BCUT2D eigenvalue weighted by atomic mass is 10.0. The highest BCUT2D eigenvalue weighted by molar-refractivity contribution is 5.83. The number of aromatic amines is 2. The number of carbonyl (C=O) groups is 2.